The molecule has 1 aromatic carbocycles. The third-order valence-electron chi connectivity index (χ3n) is 5.65. The number of nitrogens with zero attached hydrogens (tertiary/aromatic N) is 2. The first kappa shape index (κ1) is 19.2. The topological polar surface area (TPSA) is 51.5 Å². The van der Waals surface area contributed by atoms with Gasteiger partial charge in [0.05, 0.1) is 12.7 Å². The van der Waals surface area contributed by atoms with Crippen LogP contribution in [0.25, 0.3) is 0 Å². The van der Waals surface area contributed by atoms with E-state index in [-0.39, 0.29) is 17.6 Å². The fourth-order valence-electron chi connectivity index (χ4n) is 4.01. The van der Waals surface area contributed by atoms with Crippen LogP contribution in [-0.4, -0.2) is 41.4 Å². The first-order chi connectivity index (χ1) is 13.0. The van der Waals surface area contributed by atoms with Crippen molar-refractivity contribution < 1.29 is 14.3 Å². The summed E-state index contributed by atoms with van der Waals surface area (Å²) < 4.78 is 7.31. The zero-order valence-electron chi connectivity index (χ0n) is 16.6. The number of aromatic nitrogens is 1. The Morgan fingerprint density at radius 2 is 1.74 bits per heavy atom. The van der Waals surface area contributed by atoms with Crippen LogP contribution in [0.15, 0.2) is 30.3 Å². The van der Waals surface area contributed by atoms with Gasteiger partial charge in [-0.15, -0.1) is 0 Å². The number of ketones is 1. The second-order valence-electron chi connectivity index (χ2n) is 7.19. The molecule has 0 aliphatic carbocycles. The SMILES string of the molecule is CCn1c(C)cc(C(=O)N2CCC(C(=O)c3ccc(OC)cc3)CC2)c1C. The van der Waals surface area contributed by atoms with Crippen molar-refractivity contribution in [1.82, 2.24) is 9.47 Å². The molecule has 5 nitrogen and oxygen atoms in total. The van der Waals surface area contributed by atoms with Crippen molar-refractivity contribution >= 4 is 11.7 Å². The second kappa shape index (κ2) is 7.99. The summed E-state index contributed by atoms with van der Waals surface area (Å²) in [5, 5.41) is 0. The van der Waals surface area contributed by atoms with Crippen LogP contribution in [0.2, 0.25) is 0 Å². The maximum atomic E-state index is 12.9. The average molecular weight is 368 g/mol. The van der Waals surface area contributed by atoms with Gasteiger partial charge in [0.2, 0.25) is 0 Å². The predicted molar refractivity (Wildman–Crippen MR) is 106 cm³/mol. The number of rotatable bonds is 5. The number of Topliss-reactive ketones (excluding diaryl/α,β-unsaturated/α-hetero) is 1. The Bertz CT molecular complexity index is 828. The maximum Gasteiger partial charge on any atom is 0.255 e. The summed E-state index contributed by atoms with van der Waals surface area (Å²) in [6.07, 6.45) is 1.42. The van der Waals surface area contributed by atoms with Gasteiger partial charge < -0.3 is 14.2 Å². The molecule has 0 unspecified atom stereocenters. The minimum atomic E-state index is -0.0227. The Labute approximate surface area is 160 Å². The average Bonchev–Trinajstić information content (AvgIpc) is 3.00. The van der Waals surface area contributed by atoms with Gasteiger partial charge in [-0.3, -0.25) is 9.59 Å². The molecule has 1 saturated heterocycles. The van der Waals surface area contributed by atoms with Crippen molar-refractivity contribution in [2.45, 2.75) is 40.2 Å². The lowest BCUT2D eigenvalue weighted by molar-refractivity contribution is 0.0649. The first-order valence-corrected chi connectivity index (χ1v) is 9.60. The highest BCUT2D eigenvalue weighted by Gasteiger charge is 2.29. The molecule has 1 amide bonds. The monoisotopic (exact) mass is 368 g/mol. The van der Waals surface area contributed by atoms with E-state index in [1.54, 1.807) is 7.11 Å². The molecule has 2 heterocycles. The molecule has 5 heteroatoms. The number of hydrogen-bond acceptors (Lipinski definition) is 3. The number of methoxy groups -OCH3 is 1. The fourth-order valence-corrected chi connectivity index (χ4v) is 4.01. The van der Waals surface area contributed by atoms with E-state index in [9.17, 15) is 9.59 Å². The van der Waals surface area contributed by atoms with Crippen molar-refractivity contribution in [3.05, 3.63) is 52.8 Å². The number of carbonyl (C=O) groups excluding carboxylic acids is 2. The van der Waals surface area contributed by atoms with Crippen molar-refractivity contribution in [3.63, 3.8) is 0 Å². The molecule has 0 radical (unpaired) electrons. The van der Waals surface area contributed by atoms with Crippen LogP contribution in [-0.2, 0) is 6.54 Å². The Hall–Kier alpha value is -2.56. The van der Waals surface area contributed by atoms with Gasteiger partial charge in [0.25, 0.3) is 5.91 Å². The van der Waals surface area contributed by atoms with Gasteiger partial charge in [0, 0.05) is 42.5 Å². The standard InChI is InChI=1S/C22H28N2O3/c1-5-24-15(2)14-20(16(24)3)22(26)23-12-10-18(11-13-23)21(25)17-6-8-19(27-4)9-7-17/h6-9,14,18H,5,10-13H2,1-4H3. The number of piperidine rings is 1. The molecule has 1 aliphatic rings. The lowest BCUT2D eigenvalue weighted by Gasteiger charge is -2.31. The number of amides is 1. The Morgan fingerprint density at radius 1 is 1.11 bits per heavy atom. The number of benzene rings is 1. The lowest BCUT2D eigenvalue weighted by atomic mass is 9.88. The fraction of sp³-hybridized carbons (Fsp3) is 0.455. The number of hydrogen-bond donors (Lipinski definition) is 0. The smallest absolute Gasteiger partial charge is 0.255 e. The van der Waals surface area contributed by atoms with E-state index < -0.39 is 0 Å². The predicted octanol–water partition coefficient (Wildman–Crippen LogP) is 3.87. The van der Waals surface area contributed by atoms with Gasteiger partial charge in [-0.1, -0.05) is 0 Å². The molecule has 1 fully saturated rings. The molecule has 2 aromatic rings. The van der Waals surface area contributed by atoms with Crippen LogP contribution in [0.4, 0.5) is 0 Å². The minimum Gasteiger partial charge on any atom is -0.497 e. The quantitative estimate of drug-likeness (QED) is 0.753. The van der Waals surface area contributed by atoms with E-state index >= 15 is 0 Å². The molecule has 1 aromatic heterocycles. The van der Waals surface area contributed by atoms with Crippen molar-refractivity contribution in [2.75, 3.05) is 20.2 Å². The van der Waals surface area contributed by atoms with Crippen LogP contribution >= 0.6 is 0 Å². The zero-order chi connectivity index (χ0) is 19.6. The van der Waals surface area contributed by atoms with Crippen LogP contribution in [0.5, 0.6) is 5.75 Å². The molecule has 0 atom stereocenters. The minimum absolute atomic E-state index is 0.0227. The molecule has 3 rings (SSSR count). The molecule has 144 valence electrons. The van der Waals surface area contributed by atoms with Gasteiger partial charge in [-0.2, -0.15) is 0 Å². The van der Waals surface area contributed by atoms with E-state index in [0.717, 1.165) is 29.2 Å². The number of likely N-dealkylation sites (tertiary alicyclic amines) is 1. The summed E-state index contributed by atoms with van der Waals surface area (Å²) in [4.78, 5) is 27.6. The van der Waals surface area contributed by atoms with Crippen LogP contribution in [0.1, 0.15) is 51.9 Å². The van der Waals surface area contributed by atoms with Crippen LogP contribution in [0, 0.1) is 19.8 Å². The van der Waals surface area contributed by atoms with E-state index in [2.05, 4.69) is 11.5 Å². The molecule has 0 spiro atoms. The number of carbonyl (C=O) groups is 2. The summed E-state index contributed by atoms with van der Waals surface area (Å²) in [5.41, 5.74) is 3.64. The molecule has 0 N–H and O–H groups in total. The van der Waals surface area contributed by atoms with E-state index in [4.69, 9.17) is 4.74 Å². The van der Waals surface area contributed by atoms with Crippen molar-refractivity contribution in [2.24, 2.45) is 5.92 Å². The molecular formula is C22H28N2O3. The maximum absolute atomic E-state index is 12.9. The van der Waals surface area contributed by atoms with Crippen LogP contribution in [0.3, 0.4) is 0 Å². The first-order valence-electron chi connectivity index (χ1n) is 9.60. The molecule has 1 aliphatic heterocycles. The van der Waals surface area contributed by atoms with Gasteiger partial charge in [-0.05, 0) is 63.9 Å². The zero-order valence-corrected chi connectivity index (χ0v) is 16.6. The summed E-state index contributed by atoms with van der Waals surface area (Å²) in [6, 6.07) is 9.25. The Morgan fingerprint density at radius 3 is 2.26 bits per heavy atom. The summed E-state index contributed by atoms with van der Waals surface area (Å²) in [6.45, 7) is 8.24. The Balaban J connectivity index is 1.64. The van der Waals surface area contributed by atoms with Crippen molar-refractivity contribution in [3.8, 4) is 5.75 Å². The second-order valence-corrected chi connectivity index (χ2v) is 7.19. The highest BCUT2D eigenvalue weighted by molar-refractivity contribution is 5.99. The van der Waals surface area contributed by atoms with Gasteiger partial charge in [0.1, 0.15) is 5.75 Å². The molecule has 27 heavy (non-hydrogen) atoms. The van der Waals surface area contributed by atoms with E-state index in [0.29, 0.717) is 31.5 Å². The van der Waals surface area contributed by atoms with Crippen LogP contribution < -0.4 is 4.74 Å². The van der Waals surface area contributed by atoms with E-state index in [1.807, 2.05) is 49.1 Å². The summed E-state index contributed by atoms with van der Waals surface area (Å²) >= 11 is 0. The van der Waals surface area contributed by atoms with Gasteiger partial charge in [-0.25, -0.2) is 0 Å². The van der Waals surface area contributed by atoms with E-state index in [1.165, 1.54) is 0 Å². The normalized spacial score (nSPS) is 15.0. The van der Waals surface area contributed by atoms with Gasteiger partial charge in [0.15, 0.2) is 5.78 Å². The molecule has 0 bridgehead atoms. The number of ether oxygens (including phenoxy) is 1. The van der Waals surface area contributed by atoms with Crippen molar-refractivity contribution in [1.29, 1.82) is 0 Å². The summed E-state index contributed by atoms with van der Waals surface area (Å²) in [5.74, 6) is 0.967. The van der Waals surface area contributed by atoms with Gasteiger partial charge >= 0.3 is 0 Å². The lowest BCUT2D eigenvalue weighted by Crippen LogP contribution is -2.40. The molecule has 0 saturated carbocycles. The highest BCUT2D eigenvalue weighted by atomic mass is 16.5. The summed E-state index contributed by atoms with van der Waals surface area (Å²) in [7, 11) is 1.61. The number of aryl methyl sites for hydroxylation is 1. The largest absolute Gasteiger partial charge is 0.497 e. The highest BCUT2D eigenvalue weighted by Crippen LogP contribution is 2.25. The third-order valence-corrected chi connectivity index (χ3v) is 5.65. The Kier molecular flexibility index (Phi) is 5.68. The molecular weight excluding hydrogens is 340 g/mol. The third kappa shape index (κ3) is 3.77.